The van der Waals surface area contributed by atoms with Crippen molar-refractivity contribution in [2.75, 3.05) is 5.32 Å². The number of aromatic amines is 1. The average Bonchev–Trinajstić information content (AvgIpc) is 3.36. The fourth-order valence-corrected chi connectivity index (χ4v) is 3.49. The van der Waals surface area contributed by atoms with Gasteiger partial charge >= 0.3 is 0 Å². The van der Waals surface area contributed by atoms with Crippen molar-refractivity contribution in [3.63, 3.8) is 0 Å². The van der Waals surface area contributed by atoms with E-state index in [4.69, 9.17) is 0 Å². The topological polar surface area (TPSA) is 107 Å². The lowest BCUT2D eigenvalue weighted by Crippen LogP contribution is -2.33. The van der Waals surface area contributed by atoms with Crippen molar-refractivity contribution in [2.45, 2.75) is 19.1 Å². The van der Waals surface area contributed by atoms with Gasteiger partial charge in [0.05, 0.1) is 17.4 Å². The van der Waals surface area contributed by atoms with Gasteiger partial charge in [-0.25, -0.2) is 4.98 Å². The summed E-state index contributed by atoms with van der Waals surface area (Å²) in [4.78, 5) is 24.3. The van der Waals surface area contributed by atoms with E-state index in [9.17, 15) is 4.79 Å². The molecule has 4 N–H and O–H groups in total. The quantitative estimate of drug-likeness (QED) is 0.552. The summed E-state index contributed by atoms with van der Waals surface area (Å²) in [5.41, 5.74) is 7.66. The van der Waals surface area contributed by atoms with Crippen LogP contribution in [0.25, 0.3) is 6.08 Å². The Morgan fingerprint density at radius 2 is 1.93 bits per heavy atom. The predicted octanol–water partition coefficient (Wildman–Crippen LogP) is 2.44. The number of carbonyl (C=O) groups is 1. The van der Waals surface area contributed by atoms with Gasteiger partial charge in [-0.15, -0.1) is 0 Å². The highest BCUT2D eigenvalue weighted by Crippen LogP contribution is 2.29. The molecule has 0 bridgehead atoms. The number of hydrogen-bond acceptors (Lipinski definition) is 6. The van der Waals surface area contributed by atoms with Crippen LogP contribution in [0.5, 0.6) is 0 Å². The highest BCUT2D eigenvalue weighted by Gasteiger charge is 2.32. The maximum Gasteiger partial charge on any atom is 0.287 e. The summed E-state index contributed by atoms with van der Waals surface area (Å²) in [7, 11) is 0. The molecule has 0 saturated carbocycles. The molecule has 0 radical (unpaired) electrons. The highest BCUT2D eigenvalue weighted by atomic mass is 16.2. The molecular formula is C21H19N7O. The molecule has 2 aliphatic rings. The van der Waals surface area contributed by atoms with Gasteiger partial charge in [0.2, 0.25) is 0 Å². The molecule has 144 valence electrons. The normalized spacial score (nSPS) is 17.8. The lowest BCUT2D eigenvalue weighted by molar-refractivity contribution is 0.0930. The number of anilines is 1. The molecule has 2 aliphatic heterocycles. The third kappa shape index (κ3) is 3.14. The second-order valence-electron chi connectivity index (χ2n) is 6.96. The first kappa shape index (κ1) is 17.2. The summed E-state index contributed by atoms with van der Waals surface area (Å²) in [6.45, 7) is 1.95. The number of amides is 1. The van der Waals surface area contributed by atoms with Crippen LogP contribution in [0.3, 0.4) is 0 Å². The zero-order chi connectivity index (χ0) is 19.8. The van der Waals surface area contributed by atoms with Gasteiger partial charge in [-0.3, -0.25) is 15.2 Å². The standard InChI is InChI=1S/C21H19N7O/c1-12(13-5-3-2-4-6-13)23-21(29)20-24-16-11-15-17(14-7-9-22-10-8-14)27-28-18(15)25-19(16)26-20/h2-12,18,25,28H,1H3,(H,23,29)(H,24,26)/t12-,18?/m1/s1. The van der Waals surface area contributed by atoms with Crippen LogP contribution in [0.1, 0.15) is 40.4 Å². The molecule has 2 aromatic heterocycles. The Balaban J connectivity index is 1.38. The summed E-state index contributed by atoms with van der Waals surface area (Å²) in [6.07, 6.45) is 5.26. The Hall–Kier alpha value is -3.94. The predicted molar refractivity (Wildman–Crippen MR) is 110 cm³/mol. The molecule has 2 atom stereocenters. The van der Waals surface area contributed by atoms with Crippen LogP contribution < -0.4 is 16.1 Å². The molecule has 8 nitrogen and oxygen atoms in total. The Bertz CT molecular complexity index is 1120. The minimum atomic E-state index is -0.253. The molecule has 1 unspecified atom stereocenters. The van der Waals surface area contributed by atoms with Crippen molar-refractivity contribution < 1.29 is 4.79 Å². The summed E-state index contributed by atoms with van der Waals surface area (Å²) < 4.78 is 0. The number of imidazole rings is 1. The zero-order valence-electron chi connectivity index (χ0n) is 15.7. The summed E-state index contributed by atoms with van der Waals surface area (Å²) in [5, 5.41) is 10.7. The van der Waals surface area contributed by atoms with Crippen molar-refractivity contribution in [2.24, 2.45) is 5.10 Å². The van der Waals surface area contributed by atoms with Gasteiger partial charge in [0.15, 0.2) is 11.6 Å². The average molecular weight is 385 g/mol. The monoisotopic (exact) mass is 385 g/mol. The molecule has 29 heavy (non-hydrogen) atoms. The van der Waals surface area contributed by atoms with Crippen LogP contribution >= 0.6 is 0 Å². The second kappa shape index (κ2) is 6.90. The van der Waals surface area contributed by atoms with Gasteiger partial charge in [0.25, 0.3) is 5.91 Å². The number of carbonyl (C=O) groups excluding carboxylic acids is 1. The third-order valence-electron chi connectivity index (χ3n) is 5.02. The van der Waals surface area contributed by atoms with E-state index >= 15 is 0 Å². The van der Waals surface area contributed by atoms with Crippen molar-refractivity contribution in [1.82, 2.24) is 25.7 Å². The highest BCUT2D eigenvalue weighted by molar-refractivity contribution is 6.17. The second-order valence-corrected chi connectivity index (χ2v) is 6.96. The zero-order valence-corrected chi connectivity index (χ0v) is 15.7. The molecule has 3 aromatic rings. The number of benzene rings is 1. The van der Waals surface area contributed by atoms with Gasteiger partial charge in [-0.05, 0) is 30.7 Å². The summed E-state index contributed by atoms with van der Waals surface area (Å²) in [5.74, 6) is 0.636. The molecule has 5 rings (SSSR count). The fourth-order valence-electron chi connectivity index (χ4n) is 3.49. The van der Waals surface area contributed by atoms with E-state index in [-0.39, 0.29) is 23.9 Å². The van der Waals surface area contributed by atoms with E-state index in [1.165, 1.54) is 0 Å². The van der Waals surface area contributed by atoms with E-state index in [1.54, 1.807) is 12.4 Å². The number of pyridine rings is 1. The number of hydrogen-bond donors (Lipinski definition) is 4. The molecule has 1 aromatic carbocycles. The van der Waals surface area contributed by atoms with Crippen LogP contribution in [0.15, 0.2) is 65.5 Å². The van der Waals surface area contributed by atoms with Crippen LogP contribution in [0.2, 0.25) is 0 Å². The van der Waals surface area contributed by atoms with Crippen molar-refractivity contribution >= 4 is 23.5 Å². The Morgan fingerprint density at radius 1 is 1.14 bits per heavy atom. The van der Waals surface area contributed by atoms with Gasteiger partial charge in [-0.2, -0.15) is 5.10 Å². The number of nitrogens with zero attached hydrogens (tertiary/aromatic N) is 3. The number of fused-ring (bicyclic) bond motifs is 2. The third-order valence-corrected chi connectivity index (χ3v) is 5.02. The van der Waals surface area contributed by atoms with Gasteiger partial charge < -0.3 is 15.6 Å². The van der Waals surface area contributed by atoms with E-state index in [2.05, 4.69) is 36.1 Å². The smallest absolute Gasteiger partial charge is 0.287 e. The largest absolute Gasteiger partial charge is 0.343 e. The van der Waals surface area contributed by atoms with E-state index < -0.39 is 0 Å². The molecule has 0 fully saturated rings. The maximum absolute atomic E-state index is 12.7. The number of rotatable bonds is 4. The van der Waals surface area contributed by atoms with Crippen molar-refractivity contribution in [3.8, 4) is 0 Å². The summed E-state index contributed by atoms with van der Waals surface area (Å²) >= 11 is 0. The first-order chi connectivity index (χ1) is 14.2. The lowest BCUT2D eigenvalue weighted by atomic mass is 9.99. The first-order valence-corrected chi connectivity index (χ1v) is 9.37. The van der Waals surface area contributed by atoms with Crippen molar-refractivity contribution in [3.05, 3.63) is 83.1 Å². The molecule has 8 heteroatoms. The Morgan fingerprint density at radius 3 is 2.72 bits per heavy atom. The molecule has 0 aliphatic carbocycles. The first-order valence-electron chi connectivity index (χ1n) is 9.37. The number of hydrazone groups is 1. The van der Waals surface area contributed by atoms with Crippen LogP contribution in [-0.2, 0) is 0 Å². The lowest BCUT2D eigenvalue weighted by Gasteiger charge is -2.19. The van der Waals surface area contributed by atoms with Gasteiger partial charge in [0.1, 0.15) is 6.17 Å². The molecule has 4 heterocycles. The molecular weight excluding hydrogens is 366 g/mol. The Kier molecular flexibility index (Phi) is 4.09. The minimum Gasteiger partial charge on any atom is -0.343 e. The van der Waals surface area contributed by atoms with E-state index in [0.717, 1.165) is 28.1 Å². The molecule has 0 spiro atoms. The number of H-pyrrole nitrogens is 1. The van der Waals surface area contributed by atoms with E-state index in [0.29, 0.717) is 5.82 Å². The maximum atomic E-state index is 12.7. The van der Waals surface area contributed by atoms with Crippen molar-refractivity contribution in [1.29, 1.82) is 0 Å². The number of nitrogens with one attached hydrogen (secondary N) is 4. The van der Waals surface area contributed by atoms with Crippen LogP contribution in [-0.4, -0.2) is 32.7 Å². The fraction of sp³-hybridized carbons (Fsp3) is 0.143. The minimum absolute atomic E-state index is 0.122. The van der Waals surface area contributed by atoms with Crippen LogP contribution in [0, 0.1) is 0 Å². The van der Waals surface area contributed by atoms with Gasteiger partial charge in [-0.1, -0.05) is 30.3 Å². The number of aromatic nitrogens is 3. The molecule has 0 saturated heterocycles. The molecule has 1 amide bonds. The SMILES string of the molecule is C[C@@H](NC(=O)c1nc2c([nH]1)C=C1C(c3ccncc3)=NNC1N2)c1ccccc1. The van der Waals surface area contributed by atoms with E-state index in [1.807, 2.05) is 55.5 Å². The summed E-state index contributed by atoms with van der Waals surface area (Å²) in [6, 6.07) is 13.5. The Labute approximate surface area is 167 Å². The van der Waals surface area contributed by atoms with Crippen LogP contribution in [0.4, 0.5) is 5.82 Å². The van der Waals surface area contributed by atoms with Gasteiger partial charge in [0, 0.05) is 23.5 Å².